The highest BCUT2D eigenvalue weighted by molar-refractivity contribution is 7.89. The lowest BCUT2D eigenvalue weighted by Gasteiger charge is -2.10. The van der Waals surface area contributed by atoms with Gasteiger partial charge in [0, 0.05) is 5.39 Å². The van der Waals surface area contributed by atoms with Gasteiger partial charge in [-0.15, -0.1) is 0 Å². The van der Waals surface area contributed by atoms with Crippen LogP contribution in [0.1, 0.15) is 0 Å². The van der Waals surface area contributed by atoms with Gasteiger partial charge in [0.05, 0.1) is 12.0 Å². The minimum absolute atomic E-state index is 0.0864. The Morgan fingerprint density at radius 1 is 0.950 bits per heavy atom. The van der Waals surface area contributed by atoms with Gasteiger partial charge in [0.15, 0.2) is 0 Å². The van der Waals surface area contributed by atoms with E-state index in [1.165, 1.54) is 37.4 Å². The van der Waals surface area contributed by atoms with Crippen molar-refractivity contribution < 1.29 is 21.6 Å². The van der Waals surface area contributed by atoms with Crippen LogP contribution >= 0.6 is 0 Å². The smallest absolute Gasteiger partial charge is 0.242 e. The zero-order chi connectivity index (χ0) is 15.1. The third-order valence-corrected chi connectivity index (χ3v) is 4.64. The molecule has 0 heterocycles. The van der Waals surface area contributed by atoms with Crippen LogP contribution in [0.15, 0.2) is 40.1 Å². The average molecular weight is 316 g/mol. The van der Waals surface area contributed by atoms with Gasteiger partial charge in [0.2, 0.25) is 20.0 Å². The third-order valence-electron chi connectivity index (χ3n) is 2.74. The van der Waals surface area contributed by atoms with E-state index in [0.717, 1.165) is 0 Å². The lowest BCUT2D eigenvalue weighted by Crippen LogP contribution is -2.15. The van der Waals surface area contributed by atoms with E-state index in [0.29, 0.717) is 5.39 Å². The van der Waals surface area contributed by atoms with Crippen molar-refractivity contribution in [1.29, 1.82) is 0 Å². The van der Waals surface area contributed by atoms with Crippen molar-refractivity contribution in [3.05, 3.63) is 30.3 Å². The highest BCUT2D eigenvalue weighted by Gasteiger charge is 2.20. The Morgan fingerprint density at radius 3 is 2.10 bits per heavy atom. The average Bonchev–Trinajstić information content (AvgIpc) is 2.34. The molecule has 0 atom stereocenters. The molecule has 0 aliphatic carbocycles. The molecule has 0 amide bonds. The molecule has 2 aromatic rings. The highest BCUT2D eigenvalue weighted by Crippen LogP contribution is 2.32. The molecule has 0 saturated carbocycles. The standard InChI is InChI=1S/C11H12N2O5S2/c1-18-10-5-2-7-6-8(19(12,14)15)3-4-9(7)11(10)20(13,16)17/h2-6H,1H3,(H2,12,14,15)(H2,13,16,17). The van der Waals surface area contributed by atoms with Gasteiger partial charge >= 0.3 is 0 Å². The van der Waals surface area contributed by atoms with E-state index < -0.39 is 20.0 Å². The van der Waals surface area contributed by atoms with E-state index in [1.807, 2.05) is 0 Å². The van der Waals surface area contributed by atoms with E-state index in [4.69, 9.17) is 15.0 Å². The van der Waals surface area contributed by atoms with Crippen LogP contribution in [0.25, 0.3) is 10.8 Å². The Kier molecular flexibility index (Phi) is 3.46. The number of methoxy groups -OCH3 is 1. The van der Waals surface area contributed by atoms with Gasteiger partial charge in [-0.3, -0.25) is 0 Å². The first-order valence-corrected chi connectivity index (χ1v) is 8.40. The SMILES string of the molecule is COc1ccc2cc(S(N)(=O)=O)ccc2c1S(N)(=O)=O. The number of nitrogens with two attached hydrogens (primary N) is 2. The second kappa shape index (κ2) is 4.70. The zero-order valence-electron chi connectivity index (χ0n) is 10.4. The Balaban J connectivity index is 2.91. The summed E-state index contributed by atoms with van der Waals surface area (Å²) < 4.78 is 50.9. The fraction of sp³-hybridized carbons (Fsp3) is 0.0909. The van der Waals surface area contributed by atoms with Crippen LogP contribution in [0.3, 0.4) is 0 Å². The second-order valence-corrected chi connectivity index (χ2v) is 7.13. The first-order valence-electron chi connectivity index (χ1n) is 5.31. The first-order chi connectivity index (χ1) is 9.14. The predicted octanol–water partition coefficient (Wildman–Crippen LogP) is 0.143. The summed E-state index contributed by atoms with van der Waals surface area (Å²) in [5.41, 5.74) is 0. The number of benzene rings is 2. The van der Waals surface area contributed by atoms with Crippen LogP contribution in [0.5, 0.6) is 5.75 Å². The van der Waals surface area contributed by atoms with Crippen LogP contribution in [-0.4, -0.2) is 23.9 Å². The number of ether oxygens (including phenoxy) is 1. The van der Waals surface area contributed by atoms with Crippen molar-refractivity contribution >= 4 is 30.8 Å². The molecule has 4 N–H and O–H groups in total. The van der Waals surface area contributed by atoms with Gasteiger partial charge < -0.3 is 4.74 Å². The van der Waals surface area contributed by atoms with Crippen molar-refractivity contribution in [2.75, 3.05) is 7.11 Å². The molecule has 2 aromatic carbocycles. The van der Waals surface area contributed by atoms with Gasteiger partial charge in [0.1, 0.15) is 10.6 Å². The van der Waals surface area contributed by atoms with Gasteiger partial charge in [-0.2, -0.15) is 0 Å². The fourth-order valence-electron chi connectivity index (χ4n) is 1.89. The summed E-state index contributed by atoms with van der Waals surface area (Å²) in [5.74, 6) is 0.0864. The summed E-state index contributed by atoms with van der Waals surface area (Å²) in [6.45, 7) is 0. The molecule has 0 bridgehead atoms. The topological polar surface area (TPSA) is 130 Å². The van der Waals surface area contributed by atoms with E-state index in [9.17, 15) is 16.8 Å². The summed E-state index contributed by atoms with van der Waals surface area (Å²) in [6, 6.07) is 6.74. The van der Waals surface area contributed by atoms with Crippen molar-refractivity contribution in [2.24, 2.45) is 10.3 Å². The Bertz CT molecular complexity index is 888. The number of fused-ring (bicyclic) bond motifs is 1. The molecule has 7 nitrogen and oxygen atoms in total. The van der Waals surface area contributed by atoms with E-state index >= 15 is 0 Å². The number of rotatable bonds is 3. The van der Waals surface area contributed by atoms with Crippen LogP contribution in [0.4, 0.5) is 0 Å². The molecule has 9 heteroatoms. The maximum atomic E-state index is 11.7. The van der Waals surface area contributed by atoms with Crippen molar-refractivity contribution in [3.63, 3.8) is 0 Å². The molecule has 0 radical (unpaired) electrons. The maximum absolute atomic E-state index is 11.7. The molecule has 0 aliphatic heterocycles. The molecule has 0 unspecified atom stereocenters. The summed E-state index contributed by atoms with van der Waals surface area (Å²) in [6.07, 6.45) is 0. The summed E-state index contributed by atoms with van der Waals surface area (Å²) in [4.78, 5) is -0.311. The molecule has 0 saturated heterocycles. The normalized spacial score (nSPS) is 12.6. The molecule has 0 aliphatic rings. The number of hydrogen-bond donors (Lipinski definition) is 2. The van der Waals surface area contributed by atoms with Gasteiger partial charge in [0.25, 0.3) is 0 Å². The molecule has 0 aromatic heterocycles. The molecule has 108 valence electrons. The molecule has 0 fully saturated rings. The second-order valence-electron chi connectivity index (χ2n) is 4.07. The van der Waals surface area contributed by atoms with Crippen molar-refractivity contribution in [1.82, 2.24) is 0 Å². The minimum atomic E-state index is -4.03. The lowest BCUT2D eigenvalue weighted by molar-refractivity contribution is 0.404. The monoisotopic (exact) mass is 316 g/mol. The van der Waals surface area contributed by atoms with E-state index in [1.54, 1.807) is 0 Å². The lowest BCUT2D eigenvalue weighted by atomic mass is 10.1. The molecular weight excluding hydrogens is 304 g/mol. The Morgan fingerprint density at radius 2 is 1.60 bits per heavy atom. The Labute approximate surface area is 116 Å². The molecule has 0 spiro atoms. The summed E-state index contributed by atoms with van der Waals surface area (Å²) >= 11 is 0. The van der Waals surface area contributed by atoms with Gasteiger partial charge in [-0.05, 0) is 23.6 Å². The van der Waals surface area contributed by atoms with Crippen molar-refractivity contribution in [2.45, 2.75) is 9.79 Å². The van der Waals surface area contributed by atoms with E-state index in [2.05, 4.69) is 0 Å². The molecule has 20 heavy (non-hydrogen) atoms. The zero-order valence-corrected chi connectivity index (χ0v) is 12.0. The van der Waals surface area contributed by atoms with Crippen LogP contribution < -0.4 is 15.0 Å². The van der Waals surface area contributed by atoms with Crippen LogP contribution in [0.2, 0.25) is 0 Å². The van der Waals surface area contributed by atoms with Gasteiger partial charge in [-0.1, -0.05) is 12.1 Å². The van der Waals surface area contributed by atoms with Crippen molar-refractivity contribution in [3.8, 4) is 5.75 Å². The van der Waals surface area contributed by atoms with Crippen LogP contribution in [-0.2, 0) is 20.0 Å². The maximum Gasteiger partial charge on any atom is 0.242 e. The molecule has 2 rings (SSSR count). The van der Waals surface area contributed by atoms with Crippen LogP contribution in [0, 0.1) is 0 Å². The quantitative estimate of drug-likeness (QED) is 0.832. The van der Waals surface area contributed by atoms with E-state index in [-0.39, 0.29) is 20.9 Å². The highest BCUT2D eigenvalue weighted by atomic mass is 32.2. The number of primary sulfonamides is 2. The number of sulfonamides is 2. The predicted molar refractivity (Wildman–Crippen MR) is 73.2 cm³/mol. The Hall–Kier alpha value is -1.68. The molecular formula is C11H12N2O5S2. The largest absolute Gasteiger partial charge is 0.495 e. The van der Waals surface area contributed by atoms with Gasteiger partial charge in [-0.25, -0.2) is 27.1 Å². The fourth-order valence-corrected chi connectivity index (χ4v) is 3.36. The summed E-state index contributed by atoms with van der Waals surface area (Å²) in [7, 11) is -6.58. The summed E-state index contributed by atoms with van der Waals surface area (Å²) in [5, 5.41) is 10.8. The number of hydrogen-bond acceptors (Lipinski definition) is 5. The minimum Gasteiger partial charge on any atom is -0.495 e. The third kappa shape index (κ3) is 2.61. The first kappa shape index (κ1) is 14.7.